The van der Waals surface area contributed by atoms with Gasteiger partial charge in [0.2, 0.25) is 0 Å². The highest BCUT2D eigenvalue weighted by atomic mass is 14.5. The lowest BCUT2D eigenvalue weighted by Crippen LogP contribution is -2.15. The van der Waals surface area contributed by atoms with E-state index in [1.807, 2.05) is 0 Å². The molecule has 8 atom stereocenters. The van der Waals surface area contributed by atoms with Crippen molar-refractivity contribution in [1.29, 1.82) is 0 Å². The molecular weight excluding hydrogens is 372 g/mol. The molecule has 0 N–H and O–H groups in total. The molecule has 0 aliphatic heterocycles. The summed E-state index contributed by atoms with van der Waals surface area (Å²) in [5, 5.41) is 0. The van der Waals surface area contributed by atoms with Gasteiger partial charge in [0.25, 0.3) is 0 Å². The topological polar surface area (TPSA) is 0 Å². The van der Waals surface area contributed by atoms with Crippen molar-refractivity contribution < 1.29 is 0 Å². The van der Waals surface area contributed by atoms with Crippen LogP contribution in [-0.2, 0) is 0 Å². The van der Waals surface area contributed by atoms with Crippen LogP contribution in [0.5, 0.6) is 0 Å². The molecule has 0 heterocycles. The van der Waals surface area contributed by atoms with Gasteiger partial charge in [-0.2, -0.15) is 0 Å². The van der Waals surface area contributed by atoms with Crippen LogP contribution in [-0.4, -0.2) is 0 Å². The lowest BCUT2D eigenvalue weighted by molar-refractivity contribution is 0.259. The Bertz CT molecular complexity index is 395. The molecule has 6 aliphatic carbocycles. The van der Waals surface area contributed by atoms with Crippen molar-refractivity contribution in [2.24, 2.45) is 52.8 Å². The highest BCUT2D eigenvalue weighted by Gasteiger charge is 2.49. The maximum Gasteiger partial charge on any atom is -0.0355 e. The fraction of sp³-hybridized carbons (Fsp3) is 1.00. The summed E-state index contributed by atoms with van der Waals surface area (Å²) in [5.74, 6) is 9.60. The third-order valence-electron chi connectivity index (χ3n) is 8.70. The van der Waals surface area contributed by atoms with E-state index in [1.165, 1.54) is 60.2 Å². The Morgan fingerprint density at radius 3 is 0.839 bits per heavy atom. The molecule has 0 radical (unpaired) electrons. The summed E-state index contributed by atoms with van der Waals surface area (Å²) in [4.78, 5) is 0. The van der Waals surface area contributed by atoms with E-state index >= 15 is 0 Å². The first-order valence-electron chi connectivity index (χ1n) is 14.7. The molecule has 0 aromatic heterocycles. The maximum atomic E-state index is 2.19. The Kier molecular flexibility index (Phi) is 11.5. The van der Waals surface area contributed by atoms with Crippen molar-refractivity contribution in [2.75, 3.05) is 0 Å². The first-order valence-corrected chi connectivity index (χ1v) is 14.7. The largest absolute Gasteiger partial charge is 0.0656 e. The summed E-state index contributed by atoms with van der Waals surface area (Å²) in [6.07, 6.45) is 21.6. The molecule has 184 valence electrons. The average Bonchev–Trinajstić information content (AvgIpc) is 3.53. The monoisotopic (exact) mass is 432 g/mol. The van der Waals surface area contributed by atoms with E-state index in [-0.39, 0.29) is 0 Å². The predicted molar refractivity (Wildman–Crippen MR) is 140 cm³/mol. The third-order valence-corrected chi connectivity index (χ3v) is 8.70. The van der Waals surface area contributed by atoms with Crippen molar-refractivity contribution in [2.45, 2.75) is 145 Å². The van der Waals surface area contributed by atoms with Crippen LogP contribution >= 0.6 is 0 Å². The molecule has 0 saturated heterocycles. The standard InChI is InChI=1S/2C10H16.C5H12.2C3H8/c2*1-2-9-7-4-5-8(6-7)10(9)3-1;1-5(2,3)4;2*1-3-2/h2*7-10H,1-6H2;1-4H3;2*3H2,1-2H3. The Labute approximate surface area is 198 Å². The minimum atomic E-state index is 0.500. The van der Waals surface area contributed by atoms with Gasteiger partial charge in [0.1, 0.15) is 0 Å². The zero-order valence-electron chi connectivity index (χ0n) is 23.0. The fourth-order valence-corrected chi connectivity index (χ4v) is 8.04. The smallest absolute Gasteiger partial charge is 0.0355 e. The summed E-state index contributed by atoms with van der Waals surface area (Å²) in [6, 6.07) is 0. The summed E-state index contributed by atoms with van der Waals surface area (Å²) in [6.45, 7) is 17.2. The van der Waals surface area contributed by atoms with Gasteiger partial charge in [0.05, 0.1) is 0 Å². The predicted octanol–water partition coefficient (Wildman–Crippen LogP) is 10.6. The molecule has 8 unspecified atom stereocenters. The Morgan fingerprint density at radius 1 is 0.452 bits per heavy atom. The molecule has 0 nitrogen and oxygen atoms in total. The first kappa shape index (κ1) is 27.2. The summed E-state index contributed by atoms with van der Waals surface area (Å²) >= 11 is 0. The van der Waals surface area contributed by atoms with Gasteiger partial charge in [-0.15, -0.1) is 0 Å². The Morgan fingerprint density at radius 2 is 0.645 bits per heavy atom. The molecule has 31 heavy (non-hydrogen) atoms. The van der Waals surface area contributed by atoms with Crippen LogP contribution in [0.1, 0.15) is 145 Å². The highest BCUT2D eigenvalue weighted by molar-refractivity contribution is 4.99. The molecule has 6 fully saturated rings. The summed E-state index contributed by atoms with van der Waals surface area (Å²) in [7, 11) is 0. The van der Waals surface area contributed by atoms with Crippen LogP contribution in [0, 0.1) is 52.8 Å². The zero-order valence-corrected chi connectivity index (χ0v) is 23.0. The molecule has 0 amide bonds. The van der Waals surface area contributed by atoms with Gasteiger partial charge in [-0.1, -0.05) is 81.1 Å². The highest BCUT2D eigenvalue weighted by Crippen LogP contribution is 2.59. The third kappa shape index (κ3) is 8.07. The van der Waals surface area contributed by atoms with Gasteiger partial charge in [-0.3, -0.25) is 0 Å². The van der Waals surface area contributed by atoms with E-state index in [1.54, 1.807) is 77.0 Å². The Hall–Kier alpha value is 0. The van der Waals surface area contributed by atoms with Crippen LogP contribution in [0.25, 0.3) is 0 Å². The molecular formula is C31H60. The van der Waals surface area contributed by atoms with E-state index in [0.717, 1.165) is 0 Å². The minimum absolute atomic E-state index is 0.500. The quantitative estimate of drug-likeness (QED) is 0.357. The molecule has 0 aromatic rings. The molecule has 0 heteroatoms. The second-order valence-corrected chi connectivity index (χ2v) is 13.6. The van der Waals surface area contributed by atoms with Gasteiger partial charge in [0, 0.05) is 0 Å². The van der Waals surface area contributed by atoms with Crippen molar-refractivity contribution in [3.63, 3.8) is 0 Å². The lowest BCUT2D eigenvalue weighted by atomic mass is 9.82. The normalized spacial score (nSPS) is 40.3. The van der Waals surface area contributed by atoms with E-state index in [0.29, 0.717) is 5.41 Å². The number of hydrogen-bond donors (Lipinski definition) is 0. The molecule has 0 aromatic carbocycles. The molecule has 6 saturated carbocycles. The van der Waals surface area contributed by atoms with E-state index in [9.17, 15) is 0 Å². The minimum Gasteiger partial charge on any atom is -0.0656 e. The fourth-order valence-electron chi connectivity index (χ4n) is 8.04. The lowest BCUT2D eigenvalue weighted by Gasteiger charge is -2.23. The van der Waals surface area contributed by atoms with Crippen LogP contribution in [0.3, 0.4) is 0 Å². The van der Waals surface area contributed by atoms with Crippen LogP contribution in [0.2, 0.25) is 0 Å². The zero-order chi connectivity index (χ0) is 23.0. The first-order chi connectivity index (χ1) is 14.7. The average molecular weight is 433 g/mol. The number of hydrogen-bond acceptors (Lipinski definition) is 0. The second kappa shape index (κ2) is 13.0. The van der Waals surface area contributed by atoms with Gasteiger partial charge in [-0.05, 0) is 117 Å². The van der Waals surface area contributed by atoms with Crippen molar-refractivity contribution in [3.05, 3.63) is 0 Å². The van der Waals surface area contributed by atoms with Gasteiger partial charge in [0.15, 0.2) is 0 Å². The van der Waals surface area contributed by atoms with Gasteiger partial charge >= 0.3 is 0 Å². The number of fused-ring (bicyclic) bond motifs is 10. The molecule has 4 bridgehead atoms. The summed E-state index contributed by atoms with van der Waals surface area (Å²) < 4.78 is 0. The van der Waals surface area contributed by atoms with E-state index in [4.69, 9.17) is 0 Å². The second-order valence-electron chi connectivity index (χ2n) is 13.6. The van der Waals surface area contributed by atoms with Crippen molar-refractivity contribution in [1.82, 2.24) is 0 Å². The van der Waals surface area contributed by atoms with E-state index in [2.05, 4.69) is 55.4 Å². The van der Waals surface area contributed by atoms with Gasteiger partial charge < -0.3 is 0 Å². The SMILES string of the molecule is C1CC2C3CCC(C3)C2C1.C1CC2C3CCC(C3)C2C1.CC(C)(C)C.CCC.CCC. The van der Waals surface area contributed by atoms with Crippen LogP contribution in [0.4, 0.5) is 0 Å². The van der Waals surface area contributed by atoms with Gasteiger partial charge in [-0.25, -0.2) is 0 Å². The van der Waals surface area contributed by atoms with Crippen molar-refractivity contribution >= 4 is 0 Å². The Balaban J connectivity index is 0.000000154. The maximum absolute atomic E-state index is 2.19. The molecule has 6 aliphatic rings. The number of rotatable bonds is 0. The summed E-state index contributed by atoms with van der Waals surface area (Å²) in [5.41, 5.74) is 0.500. The van der Waals surface area contributed by atoms with E-state index < -0.39 is 0 Å². The van der Waals surface area contributed by atoms with Crippen LogP contribution < -0.4 is 0 Å². The molecule has 6 rings (SSSR count). The van der Waals surface area contributed by atoms with Crippen LogP contribution in [0.15, 0.2) is 0 Å². The molecule has 0 spiro atoms. The van der Waals surface area contributed by atoms with Crippen molar-refractivity contribution in [3.8, 4) is 0 Å².